The zero-order valence-electron chi connectivity index (χ0n) is 13.1. The van der Waals surface area contributed by atoms with Gasteiger partial charge in [-0.2, -0.15) is 0 Å². The Labute approximate surface area is 135 Å². The normalized spacial score (nSPS) is 11.1. The molecule has 1 rings (SSSR count). The molecular weight excluding hydrogens is 306 g/mol. The van der Waals surface area contributed by atoms with E-state index in [2.05, 4.69) is 5.32 Å². The fraction of sp³-hybridized carbons (Fsp3) is 0.500. The van der Waals surface area contributed by atoms with Crippen LogP contribution >= 0.6 is 11.6 Å². The highest BCUT2D eigenvalue weighted by Gasteiger charge is 2.31. The van der Waals surface area contributed by atoms with Crippen molar-refractivity contribution in [2.24, 2.45) is 0 Å². The van der Waals surface area contributed by atoms with E-state index in [0.717, 1.165) is 0 Å². The Morgan fingerprint density at radius 3 is 2.45 bits per heavy atom. The highest BCUT2D eigenvalue weighted by atomic mass is 35.5. The number of amides is 1. The van der Waals surface area contributed by atoms with Crippen LogP contribution in [0.3, 0.4) is 0 Å². The molecule has 0 aliphatic heterocycles. The standard InChI is InChI=1S/C16H22ClNO4/c1-4-16(5-2,10-15(20)21)18-14(19)9-11-8-12(17)6-7-13(11)22-3/h6-8H,4-5,9-10H2,1-3H3,(H,18,19)(H,20,21). The van der Waals surface area contributed by atoms with Crippen LogP contribution in [-0.4, -0.2) is 29.6 Å². The van der Waals surface area contributed by atoms with Crippen LogP contribution in [0.4, 0.5) is 0 Å². The number of carboxylic acids is 1. The maximum atomic E-state index is 12.3. The van der Waals surface area contributed by atoms with E-state index in [1.807, 2.05) is 13.8 Å². The number of carboxylic acid groups (broad SMARTS) is 1. The minimum absolute atomic E-state index is 0.0884. The summed E-state index contributed by atoms with van der Waals surface area (Å²) in [6.45, 7) is 3.74. The molecule has 0 radical (unpaired) electrons. The molecule has 0 heterocycles. The lowest BCUT2D eigenvalue weighted by molar-refractivity contribution is -0.139. The summed E-state index contributed by atoms with van der Waals surface area (Å²) in [5.41, 5.74) is -0.0571. The van der Waals surface area contributed by atoms with E-state index >= 15 is 0 Å². The maximum Gasteiger partial charge on any atom is 0.305 e. The molecule has 6 heteroatoms. The molecule has 0 aliphatic carbocycles. The molecule has 122 valence electrons. The molecule has 1 amide bonds. The van der Waals surface area contributed by atoms with Crippen LogP contribution in [-0.2, 0) is 16.0 Å². The van der Waals surface area contributed by atoms with Crippen LogP contribution in [0.25, 0.3) is 0 Å². The van der Waals surface area contributed by atoms with E-state index < -0.39 is 11.5 Å². The Bertz CT molecular complexity index is 541. The lowest BCUT2D eigenvalue weighted by Crippen LogP contribution is -2.49. The van der Waals surface area contributed by atoms with Crippen LogP contribution in [0.2, 0.25) is 5.02 Å². The molecule has 0 unspecified atom stereocenters. The van der Waals surface area contributed by atoms with Crippen molar-refractivity contribution >= 4 is 23.5 Å². The second-order valence-corrected chi connectivity index (χ2v) is 5.68. The number of methoxy groups -OCH3 is 1. The van der Waals surface area contributed by atoms with Crippen molar-refractivity contribution in [1.29, 1.82) is 0 Å². The first kappa shape index (κ1) is 18.3. The molecule has 1 aromatic rings. The van der Waals surface area contributed by atoms with Crippen molar-refractivity contribution in [3.05, 3.63) is 28.8 Å². The van der Waals surface area contributed by atoms with Crippen molar-refractivity contribution in [1.82, 2.24) is 5.32 Å². The smallest absolute Gasteiger partial charge is 0.305 e. The predicted molar refractivity (Wildman–Crippen MR) is 85.4 cm³/mol. The largest absolute Gasteiger partial charge is 0.496 e. The van der Waals surface area contributed by atoms with Crippen molar-refractivity contribution < 1.29 is 19.4 Å². The SMILES string of the molecule is CCC(CC)(CC(=O)O)NC(=O)Cc1cc(Cl)ccc1OC. The van der Waals surface area contributed by atoms with Gasteiger partial charge in [0.15, 0.2) is 0 Å². The molecular formula is C16H22ClNO4. The third kappa shape index (κ3) is 4.91. The summed E-state index contributed by atoms with van der Waals surface area (Å²) in [7, 11) is 1.53. The van der Waals surface area contributed by atoms with Crippen molar-refractivity contribution in [2.45, 2.75) is 45.1 Å². The first-order chi connectivity index (χ1) is 10.4. The van der Waals surface area contributed by atoms with Gasteiger partial charge in [-0.15, -0.1) is 0 Å². The lowest BCUT2D eigenvalue weighted by Gasteiger charge is -2.31. The van der Waals surface area contributed by atoms with E-state index in [0.29, 0.717) is 29.2 Å². The van der Waals surface area contributed by atoms with Crippen LogP contribution in [0.5, 0.6) is 5.75 Å². The van der Waals surface area contributed by atoms with Gasteiger partial charge in [0.2, 0.25) is 5.91 Å². The van der Waals surface area contributed by atoms with Crippen LogP contribution in [0.1, 0.15) is 38.7 Å². The minimum Gasteiger partial charge on any atom is -0.496 e. The quantitative estimate of drug-likeness (QED) is 0.769. The van der Waals surface area contributed by atoms with Crippen molar-refractivity contribution in [3.63, 3.8) is 0 Å². The van der Waals surface area contributed by atoms with Crippen molar-refractivity contribution in [2.75, 3.05) is 7.11 Å². The Kier molecular flexibility index (Phi) is 6.68. The molecule has 0 aliphatic rings. The Balaban J connectivity index is 2.88. The second kappa shape index (κ2) is 8.03. The number of ether oxygens (including phenoxy) is 1. The summed E-state index contributed by atoms with van der Waals surface area (Å²) in [5.74, 6) is -0.591. The molecule has 0 spiro atoms. The summed E-state index contributed by atoms with van der Waals surface area (Å²) in [4.78, 5) is 23.3. The third-order valence-electron chi connectivity index (χ3n) is 3.84. The topological polar surface area (TPSA) is 75.6 Å². The van der Waals surface area contributed by atoms with E-state index in [1.165, 1.54) is 7.11 Å². The number of carbonyl (C=O) groups is 2. The van der Waals surface area contributed by atoms with Crippen LogP contribution in [0.15, 0.2) is 18.2 Å². The molecule has 1 aromatic carbocycles. The van der Waals surface area contributed by atoms with Crippen molar-refractivity contribution in [3.8, 4) is 5.75 Å². The van der Waals surface area contributed by atoms with Gasteiger partial charge in [-0.25, -0.2) is 0 Å². The number of aliphatic carboxylic acids is 1. The summed E-state index contributed by atoms with van der Waals surface area (Å²) < 4.78 is 5.22. The number of carbonyl (C=O) groups excluding carboxylic acids is 1. The molecule has 0 saturated carbocycles. The van der Waals surface area contributed by atoms with Gasteiger partial charge in [0.05, 0.1) is 20.0 Å². The average molecular weight is 328 g/mol. The predicted octanol–water partition coefficient (Wildman–Crippen LogP) is 3.04. The molecule has 22 heavy (non-hydrogen) atoms. The highest BCUT2D eigenvalue weighted by molar-refractivity contribution is 6.30. The van der Waals surface area contributed by atoms with E-state index in [4.69, 9.17) is 21.4 Å². The monoisotopic (exact) mass is 327 g/mol. The minimum atomic E-state index is -0.927. The number of rotatable bonds is 8. The highest BCUT2D eigenvalue weighted by Crippen LogP contribution is 2.24. The summed E-state index contributed by atoms with van der Waals surface area (Å²) >= 11 is 5.95. The zero-order chi connectivity index (χ0) is 16.8. The fourth-order valence-corrected chi connectivity index (χ4v) is 2.60. The summed E-state index contributed by atoms with van der Waals surface area (Å²) in [5, 5.41) is 12.4. The summed E-state index contributed by atoms with van der Waals surface area (Å²) in [6, 6.07) is 5.07. The van der Waals surface area contributed by atoms with Gasteiger partial charge in [0, 0.05) is 16.1 Å². The van der Waals surface area contributed by atoms with Crippen LogP contribution in [0, 0.1) is 0 Å². The number of hydrogen-bond donors (Lipinski definition) is 2. The van der Waals surface area contributed by atoms with Gasteiger partial charge in [-0.3, -0.25) is 9.59 Å². The first-order valence-corrected chi connectivity index (χ1v) is 7.58. The van der Waals surface area contributed by atoms with Gasteiger partial charge in [0.1, 0.15) is 5.75 Å². The molecule has 0 atom stereocenters. The molecule has 0 saturated heterocycles. The van der Waals surface area contributed by atoms with E-state index in [1.54, 1.807) is 18.2 Å². The molecule has 5 nitrogen and oxygen atoms in total. The van der Waals surface area contributed by atoms with E-state index in [9.17, 15) is 9.59 Å². The fourth-order valence-electron chi connectivity index (χ4n) is 2.41. The molecule has 0 fully saturated rings. The summed E-state index contributed by atoms with van der Waals surface area (Å²) in [6.07, 6.45) is 1.09. The van der Waals surface area contributed by atoms with Gasteiger partial charge in [0.25, 0.3) is 0 Å². The molecule has 2 N–H and O–H groups in total. The van der Waals surface area contributed by atoms with Crippen LogP contribution < -0.4 is 10.1 Å². The first-order valence-electron chi connectivity index (χ1n) is 7.21. The molecule has 0 bridgehead atoms. The number of halogens is 1. The second-order valence-electron chi connectivity index (χ2n) is 5.24. The third-order valence-corrected chi connectivity index (χ3v) is 4.08. The maximum absolute atomic E-state index is 12.3. The van der Waals surface area contributed by atoms with Gasteiger partial charge in [-0.05, 0) is 31.0 Å². The van der Waals surface area contributed by atoms with Gasteiger partial charge < -0.3 is 15.2 Å². The Hall–Kier alpha value is -1.75. The Morgan fingerprint density at radius 1 is 1.32 bits per heavy atom. The van der Waals surface area contributed by atoms with Gasteiger partial charge in [-0.1, -0.05) is 25.4 Å². The number of benzene rings is 1. The number of hydrogen-bond acceptors (Lipinski definition) is 3. The zero-order valence-corrected chi connectivity index (χ0v) is 13.9. The number of nitrogens with one attached hydrogen (secondary N) is 1. The Morgan fingerprint density at radius 2 is 1.95 bits per heavy atom. The van der Waals surface area contributed by atoms with E-state index in [-0.39, 0.29) is 18.7 Å². The van der Waals surface area contributed by atoms with Gasteiger partial charge >= 0.3 is 5.97 Å². The molecule has 0 aromatic heterocycles. The average Bonchev–Trinajstić information content (AvgIpc) is 2.46. The lowest BCUT2D eigenvalue weighted by atomic mass is 9.88.